The number of ether oxygens (including phenoxy) is 1. The molecule has 0 fully saturated rings. The molecule has 0 atom stereocenters. The van der Waals surface area contributed by atoms with E-state index in [1.54, 1.807) is 12.1 Å². The predicted octanol–water partition coefficient (Wildman–Crippen LogP) is 1.75. The molecule has 0 spiro atoms. The van der Waals surface area contributed by atoms with Gasteiger partial charge in [0.2, 0.25) is 5.89 Å². The van der Waals surface area contributed by atoms with Crippen molar-refractivity contribution in [3.63, 3.8) is 0 Å². The van der Waals surface area contributed by atoms with Gasteiger partial charge in [-0.2, -0.15) is 0 Å². The van der Waals surface area contributed by atoms with Crippen LogP contribution < -0.4 is 39.2 Å². The van der Waals surface area contributed by atoms with Crippen LogP contribution in [0.1, 0.15) is 31.3 Å². The third-order valence-corrected chi connectivity index (χ3v) is 5.48. The van der Waals surface area contributed by atoms with E-state index < -0.39 is 5.97 Å². The maximum Gasteiger partial charge on any atom is 1.00 e. The van der Waals surface area contributed by atoms with Gasteiger partial charge in [-0.05, 0) is 56.2 Å². The summed E-state index contributed by atoms with van der Waals surface area (Å²) in [6.07, 6.45) is 2.58. The molecule has 8 heteroatoms. The molecule has 32 heavy (non-hydrogen) atoms. The van der Waals surface area contributed by atoms with Gasteiger partial charge in [0.05, 0.1) is 18.7 Å². The second-order valence-electron chi connectivity index (χ2n) is 7.62. The molecule has 6 nitrogen and oxygen atoms in total. The first-order valence-corrected chi connectivity index (χ1v) is 10.4. The molecule has 2 heterocycles. The standard InChI is InChI=1S/C24H25FN2O4.Na.H/c1-16-20(26-24(31-16)17-7-9-18(25)10-8-17)12-15-30-22-6-2-5-21-19(22)4-3-13-27(21)14-11-23(28)29;;/h2,5-10H,3-4,11-15H2,1H3,(H,28,29);;/q;+1;-1. The van der Waals surface area contributed by atoms with Crippen molar-refractivity contribution in [2.24, 2.45) is 0 Å². The molecule has 1 aliphatic rings. The molecular weight excluding hydrogens is 422 g/mol. The molecule has 0 amide bonds. The van der Waals surface area contributed by atoms with E-state index in [9.17, 15) is 9.18 Å². The first kappa shape index (κ1) is 24.3. The Labute approximate surface area is 210 Å². The van der Waals surface area contributed by atoms with Crippen LogP contribution in [0.5, 0.6) is 5.75 Å². The van der Waals surface area contributed by atoms with Crippen molar-refractivity contribution < 1.29 is 54.4 Å². The number of carbonyl (C=O) groups is 1. The number of fused-ring (bicyclic) bond motifs is 1. The van der Waals surface area contributed by atoms with Crippen molar-refractivity contribution in [3.05, 3.63) is 65.3 Å². The molecule has 0 saturated carbocycles. The Morgan fingerprint density at radius 2 is 2.06 bits per heavy atom. The average molecular weight is 448 g/mol. The Hall–Kier alpha value is -2.35. The van der Waals surface area contributed by atoms with Crippen LogP contribution in [-0.2, 0) is 17.6 Å². The summed E-state index contributed by atoms with van der Waals surface area (Å²) in [7, 11) is 0. The summed E-state index contributed by atoms with van der Waals surface area (Å²) in [5.41, 5.74) is 3.73. The van der Waals surface area contributed by atoms with Crippen LogP contribution in [0.2, 0.25) is 0 Å². The van der Waals surface area contributed by atoms with Gasteiger partial charge in [-0.15, -0.1) is 0 Å². The number of oxazole rings is 1. The van der Waals surface area contributed by atoms with E-state index in [0.717, 1.165) is 53.4 Å². The third kappa shape index (κ3) is 5.71. The fourth-order valence-corrected chi connectivity index (χ4v) is 3.90. The fraction of sp³-hybridized carbons (Fsp3) is 0.333. The van der Waals surface area contributed by atoms with Crippen LogP contribution in [-0.4, -0.2) is 35.8 Å². The number of rotatable bonds is 8. The van der Waals surface area contributed by atoms with Crippen molar-refractivity contribution in [1.29, 1.82) is 0 Å². The zero-order valence-corrected chi connectivity index (χ0v) is 20.4. The van der Waals surface area contributed by atoms with Crippen molar-refractivity contribution in [2.45, 2.75) is 32.6 Å². The fourth-order valence-electron chi connectivity index (χ4n) is 3.90. The van der Waals surface area contributed by atoms with Crippen LogP contribution >= 0.6 is 0 Å². The Morgan fingerprint density at radius 1 is 1.28 bits per heavy atom. The Bertz CT molecular complexity index is 1070. The summed E-state index contributed by atoms with van der Waals surface area (Å²) < 4.78 is 25.0. The van der Waals surface area contributed by atoms with Crippen molar-refractivity contribution >= 4 is 11.7 Å². The molecule has 0 saturated heterocycles. The van der Waals surface area contributed by atoms with E-state index in [0.29, 0.717) is 25.5 Å². The number of aliphatic carboxylic acids is 1. The van der Waals surface area contributed by atoms with Gasteiger partial charge in [-0.3, -0.25) is 4.79 Å². The summed E-state index contributed by atoms with van der Waals surface area (Å²) in [5.74, 6) is 0.935. The van der Waals surface area contributed by atoms with E-state index in [4.69, 9.17) is 14.3 Å². The predicted molar refractivity (Wildman–Crippen MR) is 116 cm³/mol. The maximum atomic E-state index is 13.1. The molecule has 164 valence electrons. The molecular formula is C24H26FN2NaO4. The number of carboxylic acid groups (broad SMARTS) is 1. The Kier molecular flexibility index (Phi) is 8.34. The van der Waals surface area contributed by atoms with Gasteiger partial charge in [0, 0.05) is 36.3 Å². The number of anilines is 1. The van der Waals surface area contributed by atoms with E-state index >= 15 is 0 Å². The van der Waals surface area contributed by atoms with Crippen LogP contribution in [0, 0.1) is 12.7 Å². The minimum atomic E-state index is -0.789. The van der Waals surface area contributed by atoms with E-state index in [1.807, 2.05) is 25.1 Å². The maximum absolute atomic E-state index is 13.1. The van der Waals surface area contributed by atoms with Gasteiger partial charge < -0.3 is 20.6 Å². The van der Waals surface area contributed by atoms with Crippen LogP contribution in [0.4, 0.5) is 10.1 Å². The normalized spacial score (nSPS) is 12.8. The first-order valence-electron chi connectivity index (χ1n) is 10.4. The number of aryl methyl sites for hydroxylation is 1. The Balaban J connectivity index is 0.00000193. The van der Waals surface area contributed by atoms with Gasteiger partial charge in [-0.1, -0.05) is 6.07 Å². The third-order valence-electron chi connectivity index (χ3n) is 5.48. The second kappa shape index (κ2) is 11.0. The number of nitrogens with zero attached hydrogens (tertiary/aromatic N) is 2. The van der Waals surface area contributed by atoms with Gasteiger partial charge >= 0.3 is 35.5 Å². The molecule has 2 aromatic carbocycles. The average Bonchev–Trinajstić information content (AvgIpc) is 3.13. The van der Waals surface area contributed by atoms with Crippen LogP contribution in [0.15, 0.2) is 46.9 Å². The molecule has 3 aromatic rings. The van der Waals surface area contributed by atoms with Gasteiger partial charge in [-0.25, -0.2) is 9.37 Å². The zero-order valence-electron chi connectivity index (χ0n) is 19.4. The smallest absolute Gasteiger partial charge is 1.00 e. The van der Waals surface area contributed by atoms with Gasteiger partial charge in [0.25, 0.3) is 0 Å². The summed E-state index contributed by atoms with van der Waals surface area (Å²) in [4.78, 5) is 17.6. The number of hydrogen-bond acceptors (Lipinski definition) is 5. The second-order valence-corrected chi connectivity index (χ2v) is 7.62. The minimum Gasteiger partial charge on any atom is -1.00 e. The zero-order chi connectivity index (χ0) is 21.8. The largest absolute Gasteiger partial charge is 1.00 e. The molecule has 1 aliphatic heterocycles. The summed E-state index contributed by atoms with van der Waals surface area (Å²) in [6, 6.07) is 12.0. The molecule has 1 aromatic heterocycles. The molecule has 0 unspecified atom stereocenters. The quantitative estimate of drug-likeness (QED) is 0.530. The van der Waals surface area contributed by atoms with Gasteiger partial charge in [0.15, 0.2) is 0 Å². The number of aromatic nitrogens is 1. The molecule has 0 radical (unpaired) electrons. The summed E-state index contributed by atoms with van der Waals surface area (Å²) in [5, 5.41) is 9.00. The SMILES string of the molecule is Cc1oc(-c2ccc(F)cc2)nc1CCOc1cccc2c1CCCN2CCC(=O)O.[H-].[Na+]. The Morgan fingerprint density at radius 3 is 2.81 bits per heavy atom. The van der Waals surface area contributed by atoms with E-state index in [1.165, 1.54) is 12.1 Å². The molecule has 0 aliphatic carbocycles. The van der Waals surface area contributed by atoms with E-state index in [-0.39, 0.29) is 43.2 Å². The molecule has 1 N–H and O–H groups in total. The first-order chi connectivity index (χ1) is 15.0. The van der Waals surface area contributed by atoms with Gasteiger partial charge in [0.1, 0.15) is 17.3 Å². The summed E-state index contributed by atoms with van der Waals surface area (Å²) in [6.45, 7) is 3.66. The summed E-state index contributed by atoms with van der Waals surface area (Å²) >= 11 is 0. The number of halogens is 1. The number of carboxylic acids is 1. The van der Waals surface area contributed by atoms with Crippen LogP contribution in [0.3, 0.4) is 0 Å². The van der Waals surface area contributed by atoms with E-state index in [2.05, 4.69) is 9.88 Å². The topological polar surface area (TPSA) is 75.8 Å². The van der Waals surface area contributed by atoms with Crippen LogP contribution in [0.25, 0.3) is 11.5 Å². The molecule has 4 rings (SSSR count). The molecule has 0 bridgehead atoms. The van der Waals surface area contributed by atoms with Crippen molar-refractivity contribution in [3.8, 4) is 17.2 Å². The number of benzene rings is 2. The van der Waals surface area contributed by atoms with Crippen molar-refractivity contribution in [2.75, 3.05) is 24.6 Å². The monoisotopic (exact) mass is 448 g/mol. The number of hydrogen-bond donors (Lipinski definition) is 1. The minimum absolute atomic E-state index is 0. The van der Waals surface area contributed by atoms with Crippen molar-refractivity contribution in [1.82, 2.24) is 4.98 Å².